The molecule has 2 rings (SSSR count). The smallest absolute Gasteiger partial charge is 0.269 e. The number of hydrogen-bond donors (Lipinski definition) is 2. The van der Waals surface area contributed by atoms with Gasteiger partial charge in [-0.1, -0.05) is 0 Å². The molecule has 0 radical (unpaired) electrons. The van der Waals surface area contributed by atoms with Gasteiger partial charge >= 0.3 is 0 Å². The van der Waals surface area contributed by atoms with Crippen molar-refractivity contribution >= 4 is 21.8 Å². The van der Waals surface area contributed by atoms with Crippen molar-refractivity contribution in [2.45, 2.75) is 0 Å². The van der Waals surface area contributed by atoms with Crippen molar-refractivity contribution in [1.29, 1.82) is 0 Å². The number of hydrogen-bond acceptors (Lipinski definition) is 4. The minimum Gasteiger partial charge on any atom is -0.364 e. The first kappa shape index (κ1) is 10.6. The zero-order valence-electron chi connectivity index (χ0n) is 7.85. The Bertz CT molecular complexity index is 602. The van der Waals surface area contributed by atoms with E-state index in [1.54, 1.807) is 0 Å². The van der Waals surface area contributed by atoms with Gasteiger partial charge in [0, 0.05) is 6.20 Å². The van der Waals surface area contributed by atoms with Gasteiger partial charge in [0.1, 0.15) is 10.2 Å². The van der Waals surface area contributed by atoms with Crippen LogP contribution in [0.5, 0.6) is 0 Å². The number of aromatic amines is 1. The Kier molecular flexibility index (Phi) is 2.57. The molecule has 0 unspecified atom stereocenters. The Labute approximate surface area is 97.4 Å². The fraction of sp³-hybridized carbons (Fsp3) is 0. The van der Waals surface area contributed by atoms with Crippen LogP contribution in [0.1, 0.15) is 10.5 Å². The number of rotatable bonds is 2. The predicted molar refractivity (Wildman–Crippen MR) is 58.2 cm³/mol. The second-order valence-electron chi connectivity index (χ2n) is 2.88. The second-order valence-corrected chi connectivity index (χ2v) is 3.67. The summed E-state index contributed by atoms with van der Waals surface area (Å²) in [6.07, 6.45) is 2.74. The van der Waals surface area contributed by atoms with E-state index < -0.39 is 5.91 Å². The highest BCUT2D eigenvalue weighted by Crippen LogP contribution is 2.12. The number of carbonyl (C=O) groups excluding carboxylic acids is 1. The Morgan fingerprint density at radius 3 is 2.94 bits per heavy atom. The van der Waals surface area contributed by atoms with E-state index >= 15 is 0 Å². The number of primary amides is 1. The summed E-state index contributed by atoms with van der Waals surface area (Å²) in [4.78, 5) is 28.4. The molecule has 0 aliphatic rings. The van der Waals surface area contributed by atoms with Gasteiger partial charge in [-0.05, 0) is 22.0 Å². The Balaban J connectivity index is 2.55. The third kappa shape index (κ3) is 1.74. The van der Waals surface area contributed by atoms with E-state index in [1.165, 1.54) is 23.3 Å². The zero-order chi connectivity index (χ0) is 11.7. The van der Waals surface area contributed by atoms with Crippen molar-refractivity contribution in [3.8, 4) is 5.82 Å². The van der Waals surface area contributed by atoms with E-state index in [2.05, 4.69) is 31.0 Å². The molecule has 82 valence electrons. The molecule has 2 aromatic rings. The number of nitrogens with two attached hydrogens (primary N) is 1. The molecule has 0 fully saturated rings. The summed E-state index contributed by atoms with van der Waals surface area (Å²) < 4.78 is 1.52. The van der Waals surface area contributed by atoms with Gasteiger partial charge in [-0.25, -0.2) is 9.67 Å². The summed E-state index contributed by atoms with van der Waals surface area (Å²) in [6.45, 7) is 0. The number of carbonyl (C=O) groups is 1. The van der Waals surface area contributed by atoms with Crippen molar-refractivity contribution < 1.29 is 4.79 Å². The largest absolute Gasteiger partial charge is 0.364 e. The highest BCUT2D eigenvalue weighted by Gasteiger charge is 2.11. The van der Waals surface area contributed by atoms with Crippen LogP contribution in [0.25, 0.3) is 5.82 Å². The minimum absolute atomic E-state index is 0.106. The van der Waals surface area contributed by atoms with Crippen molar-refractivity contribution in [1.82, 2.24) is 19.7 Å². The molecule has 2 heterocycles. The number of nitrogens with zero attached hydrogens (tertiary/aromatic N) is 3. The van der Waals surface area contributed by atoms with Crippen LogP contribution in [0.15, 0.2) is 27.9 Å². The lowest BCUT2D eigenvalue weighted by Crippen LogP contribution is -2.15. The number of nitrogens with one attached hydrogen (secondary N) is 1. The van der Waals surface area contributed by atoms with Crippen LogP contribution in [-0.2, 0) is 0 Å². The van der Waals surface area contributed by atoms with Crippen molar-refractivity contribution in [3.63, 3.8) is 0 Å². The molecule has 0 spiro atoms. The molecule has 0 aromatic carbocycles. The summed E-state index contributed by atoms with van der Waals surface area (Å²) in [6, 6.07) is 1.44. The molecule has 0 bridgehead atoms. The van der Waals surface area contributed by atoms with Gasteiger partial charge in [0.15, 0.2) is 5.82 Å². The van der Waals surface area contributed by atoms with E-state index in [-0.39, 0.29) is 21.5 Å². The van der Waals surface area contributed by atoms with E-state index in [9.17, 15) is 9.59 Å². The van der Waals surface area contributed by atoms with Crippen molar-refractivity contribution in [2.24, 2.45) is 5.73 Å². The van der Waals surface area contributed by atoms with Gasteiger partial charge < -0.3 is 10.7 Å². The van der Waals surface area contributed by atoms with Crippen LogP contribution in [0.4, 0.5) is 0 Å². The molecule has 0 saturated carbocycles. The van der Waals surface area contributed by atoms with E-state index in [4.69, 9.17) is 5.73 Å². The molecule has 2 aromatic heterocycles. The minimum atomic E-state index is -0.639. The van der Waals surface area contributed by atoms with Crippen LogP contribution in [0.2, 0.25) is 0 Å². The lowest BCUT2D eigenvalue weighted by Gasteiger charge is -2.00. The standard InChI is InChI=1S/C8H6BrN5O2/c9-5-7(11-3-12-8(5)16)14-2-1-4(13-14)6(10)15/h1-3H,(H2,10,15)(H,11,12,16). The molecule has 3 N–H and O–H groups in total. The van der Waals surface area contributed by atoms with Crippen LogP contribution >= 0.6 is 15.9 Å². The maximum Gasteiger partial charge on any atom is 0.269 e. The number of halogens is 1. The lowest BCUT2D eigenvalue weighted by molar-refractivity contribution is 0.0995. The quantitative estimate of drug-likeness (QED) is 0.797. The third-order valence-corrected chi connectivity index (χ3v) is 2.55. The van der Waals surface area contributed by atoms with Crippen molar-refractivity contribution in [2.75, 3.05) is 0 Å². The molecule has 0 saturated heterocycles. The molecule has 16 heavy (non-hydrogen) atoms. The average Bonchev–Trinajstić information content (AvgIpc) is 2.71. The van der Waals surface area contributed by atoms with Gasteiger partial charge in [-0.15, -0.1) is 0 Å². The van der Waals surface area contributed by atoms with Crippen LogP contribution in [0.3, 0.4) is 0 Å². The summed E-state index contributed by atoms with van der Waals surface area (Å²) in [7, 11) is 0. The van der Waals surface area contributed by atoms with Crippen LogP contribution < -0.4 is 11.3 Å². The first-order chi connectivity index (χ1) is 7.59. The molecule has 0 atom stereocenters. The average molecular weight is 284 g/mol. The molecule has 0 aliphatic carbocycles. The number of H-pyrrole nitrogens is 1. The third-order valence-electron chi connectivity index (χ3n) is 1.84. The SMILES string of the molecule is NC(=O)c1ccn(-c2nc[nH]c(=O)c2Br)n1. The van der Waals surface area contributed by atoms with Crippen molar-refractivity contribution in [3.05, 3.63) is 39.1 Å². The predicted octanol–water partition coefficient (Wildman–Crippen LogP) is -0.183. The Morgan fingerprint density at radius 2 is 2.31 bits per heavy atom. The monoisotopic (exact) mass is 283 g/mol. The maximum absolute atomic E-state index is 11.3. The fourth-order valence-corrected chi connectivity index (χ4v) is 1.51. The van der Waals surface area contributed by atoms with Crippen LogP contribution in [-0.4, -0.2) is 25.7 Å². The second kappa shape index (κ2) is 3.89. The van der Waals surface area contributed by atoms with Gasteiger partial charge in [0.25, 0.3) is 11.5 Å². The molecule has 8 heteroatoms. The first-order valence-corrected chi connectivity index (χ1v) is 4.98. The van der Waals surface area contributed by atoms with E-state index in [0.717, 1.165) is 0 Å². The Morgan fingerprint density at radius 1 is 1.56 bits per heavy atom. The lowest BCUT2D eigenvalue weighted by atomic mass is 10.4. The molecular formula is C8H6BrN5O2. The maximum atomic E-state index is 11.3. The summed E-state index contributed by atoms with van der Waals surface area (Å²) in [5.41, 5.74) is 4.83. The highest BCUT2D eigenvalue weighted by molar-refractivity contribution is 9.10. The molecule has 0 aliphatic heterocycles. The summed E-state index contributed by atoms with van der Waals surface area (Å²) >= 11 is 3.08. The summed E-state index contributed by atoms with van der Waals surface area (Å²) in [5.74, 6) is -0.351. The molecule has 1 amide bonds. The number of aromatic nitrogens is 4. The fourth-order valence-electron chi connectivity index (χ4n) is 1.11. The van der Waals surface area contributed by atoms with Gasteiger partial charge in [-0.3, -0.25) is 9.59 Å². The van der Waals surface area contributed by atoms with E-state index in [0.29, 0.717) is 0 Å². The van der Waals surface area contributed by atoms with Crippen LogP contribution in [0, 0.1) is 0 Å². The molecular weight excluding hydrogens is 278 g/mol. The first-order valence-electron chi connectivity index (χ1n) is 4.18. The Hall–Kier alpha value is -1.96. The van der Waals surface area contributed by atoms with Gasteiger partial charge in [0.05, 0.1) is 6.33 Å². The zero-order valence-corrected chi connectivity index (χ0v) is 9.43. The number of amides is 1. The van der Waals surface area contributed by atoms with Gasteiger partial charge in [-0.2, -0.15) is 5.10 Å². The topological polar surface area (TPSA) is 107 Å². The van der Waals surface area contributed by atoms with Gasteiger partial charge in [0.2, 0.25) is 0 Å². The highest BCUT2D eigenvalue weighted by atomic mass is 79.9. The summed E-state index contributed by atoms with van der Waals surface area (Å²) in [5, 5.41) is 3.88. The molecule has 7 nitrogen and oxygen atoms in total. The van der Waals surface area contributed by atoms with E-state index in [1.807, 2.05) is 0 Å². The normalized spacial score (nSPS) is 10.3.